The van der Waals surface area contributed by atoms with Crippen molar-refractivity contribution in [1.29, 1.82) is 0 Å². The van der Waals surface area contributed by atoms with E-state index in [4.69, 9.17) is 5.73 Å². The van der Waals surface area contributed by atoms with Crippen molar-refractivity contribution in [2.75, 3.05) is 11.9 Å². The molecule has 1 aromatic heterocycles. The zero-order valence-corrected chi connectivity index (χ0v) is 12.0. The molecule has 0 fully saturated rings. The van der Waals surface area contributed by atoms with E-state index in [1.807, 2.05) is 0 Å². The molecule has 0 aliphatic rings. The molecule has 7 heteroatoms. The summed E-state index contributed by atoms with van der Waals surface area (Å²) < 4.78 is 14.3. The number of hydrogen-bond acceptors (Lipinski definition) is 4. The fraction of sp³-hybridized carbons (Fsp3) is 0.154. The number of primary amides is 1. The SMILES string of the molecule is NC(=O)c1ccc(NCCc2cc(Br)ccc2F)nn1. The lowest BCUT2D eigenvalue weighted by molar-refractivity contribution is 0.0994. The van der Waals surface area contributed by atoms with Gasteiger partial charge >= 0.3 is 0 Å². The highest BCUT2D eigenvalue weighted by Crippen LogP contribution is 2.16. The van der Waals surface area contributed by atoms with Gasteiger partial charge in [-0.05, 0) is 42.3 Å². The van der Waals surface area contributed by atoms with Crippen LogP contribution in [0.4, 0.5) is 10.2 Å². The smallest absolute Gasteiger partial charge is 0.269 e. The quantitative estimate of drug-likeness (QED) is 0.875. The van der Waals surface area contributed by atoms with E-state index in [2.05, 4.69) is 31.4 Å². The van der Waals surface area contributed by atoms with Gasteiger partial charge in [0, 0.05) is 11.0 Å². The van der Waals surface area contributed by atoms with Crippen molar-refractivity contribution in [1.82, 2.24) is 10.2 Å². The van der Waals surface area contributed by atoms with E-state index in [-0.39, 0.29) is 11.5 Å². The molecule has 20 heavy (non-hydrogen) atoms. The number of hydrogen-bond donors (Lipinski definition) is 2. The molecule has 0 radical (unpaired) electrons. The van der Waals surface area contributed by atoms with Gasteiger partial charge in [-0.3, -0.25) is 4.79 Å². The van der Waals surface area contributed by atoms with Crippen LogP contribution in [0.15, 0.2) is 34.8 Å². The summed E-state index contributed by atoms with van der Waals surface area (Å²) in [6.07, 6.45) is 0.504. The maximum Gasteiger partial charge on any atom is 0.269 e. The first-order chi connectivity index (χ1) is 9.56. The van der Waals surface area contributed by atoms with Crippen LogP contribution in [-0.2, 0) is 6.42 Å². The van der Waals surface area contributed by atoms with Crippen molar-refractivity contribution in [3.05, 3.63) is 51.9 Å². The van der Waals surface area contributed by atoms with Gasteiger partial charge in [-0.25, -0.2) is 4.39 Å². The molecular weight excluding hydrogens is 327 g/mol. The molecule has 0 saturated heterocycles. The van der Waals surface area contributed by atoms with Gasteiger partial charge in [-0.15, -0.1) is 10.2 Å². The molecule has 1 aromatic carbocycles. The van der Waals surface area contributed by atoms with Crippen molar-refractivity contribution in [3.63, 3.8) is 0 Å². The highest BCUT2D eigenvalue weighted by Gasteiger charge is 2.04. The largest absolute Gasteiger partial charge is 0.368 e. The molecule has 0 bridgehead atoms. The molecule has 5 nitrogen and oxygen atoms in total. The maximum atomic E-state index is 13.5. The molecule has 0 unspecified atom stereocenters. The van der Waals surface area contributed by atoms with Crippen LogP contribution < -0.4 is 11.1 Å². The fourth-order valence-electron chi connectivity index (χ4n) is 1.62. The van der Waals surface area contributed by atoms with Crippen LogP contribution in [0.25, 0.3) is 0 Å². The van der Waals surface area contributed by atoms with Gasteiger partial charge in [0.15, 0.2) is 5.69 Å². The zero-order valence-electron chi connectivity index (χ0n) is 10.4. The Labute approximate surface area is 123 Å². The Bertz CT molecular complexity index is 618. The molecule has 2 rings (SSSR count). The van der Waals surface area contributed by atoms with Crippen LogP contribution in [0.3, 0.4) is 0 Å². The van der Waals surface area contributed by atoms with Crippen LogP contribution in [0.2, 0.25) is 0 Å². The normalized spacial score (nSPS) is 10.3. The van der Waals surface area contributed by atoms with Crippen molar-refractivity contribution in [2.45, 2.75) is 6.42 Å². The Morgan fingerprint density at radius 1 is 1.30 bits per heavy atom. The number of carbonyl (C=O) groups excluding carboxylic acids is 1. The lowest BCUT2D eigenvalue weighted by atomic mass is 10.1. The van der Waals surface area contributed by atoms with E-state index >= 15 is 0 Å². The Kier molecular flexibility index (Phi) is 4.62. The minimum atomic E-state index is -0.625. The van der Waals surface area contributed by atoms with Crippen LogP contribution >= 0.6 is 15.9 Å². The van der Waals surface area contributed by atoms with Gasteiger partial charge < -0.3 is 11.1 Å². The van der Waals surface area contributed by atoms with Crippen molar-refractivity contribution >= 4 is 27.7 Å². The summed E-state index contributed by atoms with van der Waals surface area (Å²) in [7, 11) is 0. The molecule has 0 saturated carbocycles. The number of anilines is 1. The molecule has 0 aliphatic heterocycles. The Morgan fingerprint density at radius 3 is 2.75 bits per heavy atom. The Hall–Kier alpha value is -2.02. The van der Waals surface area contributed by atoms with Crippen LogP contribution in [0, 0.1) is 5.82 Å². The van der Waals surface area contributed by atoms with E-state index in [1.54, 1.807) is 18.2 Å². The molecule has 1 heterocycles. The predicted molar refractivity (Wildman–Crippen MR) is 76.8 cm³/mol. The highest BCUT2D eigenvalue weighted by molar-refractivity contribution is 9.10. The number of amides is 1. The molecule has 0 spiro atoms. The molecule has 0 aliphatic carbocycles. The third-order valence-electron chi connectivity index (χ3n) is 2.63. The fourth-order valence-corrected chi connectivity index (χ4v) is 2.03. The first-order valence-corrected chi connectivity index (χ1v) is 6.67. The maximum absolute atomic E-state index is 13.5. The number of halogens is 2. The number of carbonyl (C=O) groups is 1. The van der Waals surface area contributed by atoms with Crippen molar-refractivity contribution in [2.24, 2.45) is 5.73 Å². The second kappa shape index (κ2) is 6.42. The number of aromatic nitrogens is 2. The second-order valence-corrected chi connectivity index (χ2v) is 5.00. The van der Waals surface area contributed by atoms with Crippen LogP contribution in [-0.4, -0.2) is 22.6 Å². The van der Waals surface area contributed by atoms with E-state index < -0.39 is 5.91 Å². The molecule has 0 atom stereocenters. The monoisotopic (exact) mass is 338 g/mol. The Balaban J connectivity index is 1.92. The first-order valence-electron chi connectivity index (χ1n) is 5.87. The third kappa shape index (κ3) is 3.74. The molecule has 3 N–H and O–H groups in total. The minimum absolute atomic E-state index is 0.105. The van der Waals surface area contributed by atoms with E-state index in [1.165, 1.54) is 12.1 Å². The van der Waals surface area contributed by atoms with Gasteiger partial charge in [-0.2, -0.15) is 0 Å². The molecule has 1 amide bonds. The van der Waals surface area contributed by atoms with E-state index in [0.717, 1.165) is 4.47 Å². The van der Waals surface area contributed by atoms with Gasteiger partial charge in [-0.1, -0.05) is 15.9 Å². The molecule has 104 valence electrons. The van der Waals surface area contributed by atoms with E-state index in [0.29, 0.717) is 24.3 Å². The summed E-state index contributed by atoms with van der Waals surface area (Å²) in [6.45, 7) is 0.498. The molecular formula is C13H12BrFN4O. The van der Waals surface area contributed by atoms with Crippen molar-refractivity contribution < 1.29 is 9.18 Å². The lowest BCUT2D eigenvalue weighted by Gasteiger charge is -2.06. The van der Waals surface area contributed by atoms with Crippen LogP contribution in [0.5, 0.6) is 0 Å². The number of benzene rings is 1. The highest BCUT2D eigenvalue weighted by atomic mass is 79.9. The standard InChI is InChI=1S/C13H12BrFN4O/c14-9-1-2-10(15)8(7-9)5-6-17-12-4-3-11(13(16)20)18-19-12/h1-4,7H,5-6H2,(H2,16,20)(H,17,19). The van der Waals surface area contributed by atoms with Gasteiger partial charge in [0.25, 0.3) is 5.91 Å². The van der Waals surface area contributed by atoms with Gasteiger partial charge in [0.2, 0.25) is 0 Å². The summed E-state index contributed by atoms with van der Waals surface area (Å²) in [5.74, 6) is -0.365. The second-order valence-electron chi connectivity index (χ2n) is 4.08. The molecule has 2 aromatic rings. The average Bonchev–Trinajstić information content (AvgIpc) is 2.43. The number of rotatable bonds is 5. The number of nitrogens with two attached hydrogens (primary N) is 1. The lowest BCUT2D eigenvalue weighted by Crippen LogP contribution is -2.15. The first kappa shape index (κ1) is 14.4. The predicted octanol–water partition coefficient (Wildman–Crippen LogP) is 2.13. The topological polar surface area (TPSA) is 80.9 Å². The Morgan fingerprint density at radius 2 is 2.10 bits per heavy atom. The summed E-state index contributed by atoms with van der Waals surface area (Å²) in [4.78, 5) is 10.8. The number of nitrogens with one attached hydrogen (secondary N) is 1. The van der Waals surface area contributed by atoms with Gasteiger partial charge in [0.1, 0.15) is 11.6 Å². The summed E-state index contributed by atoms with van der Waals surface area (Å²) >= 11 is 3.30. The van der Waals surface area contributed by atoms with Crippen LogP contribution in [0.1, 0.15) is 16.1 Å². The third-order valence-corrected chi connectivity index (χ3v) is 3.12. The zero-order chi connectivity index (χ0) is 14.5. The summed E-state index contributed by atoms with van der Waals surface area (Å²) in [5.41, 5.74) is 5.77. The number of nitrogens with zero attached hydrogens (tertiary/aromatic N) is 2. The summed E-state index contributed by atoms with van der Waals surface area (Å²) in [5, 5.41) is 10.5. The summed E-state index contributed by atoms with van der Waals surface area (Å²) in [6, 6.07) is 7.89. The van der Waals surface area contributed by atoms with Gasteiger partial charge in [0.05, 0.1) is 0 Å². The van der Waals surface area contributed by atoms with Crippen molar-refractivity contribution in [3.8, 4) is 0 Å². The van der Waals surface area contributed by atoms with E-state index in [9.17, 15) is 9.18 Å². The minimum Gasteiger partial charge on any atom is -0.368 e. The average molecular weight is 339 g/mol.